The molecule has 0 aliphatic heterocycles. The number of amides is 2. The van der Waals surface area contributed by atoms with Gasteiger partial charge in [-0.05, 0) is 48.2 Å². The molecule has 0 fully saturated rings. The summed E-state index contributed by atoms with van der Waals surface area (Å²) in [7, 11) is 0. The quantitative estimate of drug-likeness (QED) is 0.452. The zero-order valence-electron chi connectivity index (χ0n) is 18.6. The van der Waals surface area contributed by atoms with Crippen molar-refractivity contribution in [3.05, 3.63) is 106 Å². The van der Waals surface area contributed by atoms with Crippen molar-refractivity contribution in [2.45, 2.75) is 39.3 Å². The lowest BCUT2D eigenvalue weighted by Gasteiger charge is -2.31. The molecule has 1 N–H and O–H groups in total. The van der Waals surface area contributed by atoms with E-state index in [1.165, 1.54) is 0 Å². The standard InChI is InChI=1S/C27H29BrN2O2/c1-3-29-27(32)25(17-21-10-5-4-6-11-21)30(19-22-13-15-24(28)16-14-22)26(31)18-23-12-8-7-9-20(23)2/h4-16,25H,3,17-19H2,1-2H3,(H,29,32). The highest BCUT2D eigenvalue weighted by molar-refractivity contribution is 9.10. The monoisotopic (exact) mass is 492 g/mol. The van der Waals surface area contributed by atoms with Gasteiger partial charge in [0.05, 0.1) is 6.42 Å². The Labute approximate surface area is 198 Å². The number of nitrogens with one attached hydrogen (secondary N) is 1. The Bertz CT molecular complexity index is 1040. The van der Waals surface area contributed by atoms with Crippen LogP contribution in [0, 0.1) is 6.92 Å². The maximum Gasteiger partial charge on any atom is 0.243 e. The lowest BCUT2D eigenvalue weighted by Crippen LogP contribution is -2.51. The molecule has 166 valence electrons. The number of likely N-dealkylation sites (N-methyl/N-ethyl adjacent to an activating group) is 1. The van der Waals surface area contributed by atoms with Crippen LogP contribution in [-0.4, -0.2) is 29.3 Å². The van der Waals surface area contributed by atoms with Crippen LogP contribution in [0.25, 0.3) is 0 Å². The Kier molecular flexibility index (Phi) is 8.63. The van der Waals surface area contributed by atoms with Crippen LogP contribution in [0.5, 0.6) is 0 Å². The average Bonchev–Trinajstić information content (AvgIpc) is 2.79. The lowest BCUT2D eigenvalue weighted by atomic mass is 10.0. The summed E-state index contributed by atoms with van der Waals surface area (Å²) in [6.07, 6.45) is 0.719. The van der Waals surface area contributed by atoms with E-state index in [1.54, 1.807) is 4.90 Å². The molecule has 0 aliphatic rings. The van der Waals surface area contributed by atoms with Gasteiger partial charge in [-0.25, -0.2) is 0 Å². The molecule has 0 bridgehead atoms. The minimum Gasteiger partial charge on any atom is -0.355 e. The van der Waals surface area contributed by atoms with Gasteiger partial charge >= 0.3 is 0 Å². The van der Waals surface area contributed by atoms with Gasteiger partial charge in [-0.1, -0.05) is 82.7 Å². The second-order valence-corrected chi connectivity index (χ2v) is 8.77. The van der Waals surface area contributed by atoms with Crippen LogP contribution >= 0.6 is 15.9 Å². The van der Waals surface area contributed by atoms with E-state index in [0.717, 1.165) is 26.7 Å². The fourth-order valence-electron chi connectivity index (χ4n) is 3.71. The molecule has 1 unspecified atom stereocenters. The zero-order valence-corrected chi connectivity index (χ0v) is 20.1. The number of hydrogen-bond donors (Lipinski definition) is 1. The maximum atomic E-state index is 13.6. The van der Waals surface area contributed by atoms with Crippen LogP contribution in [0.3, 0.4) is 0 Å². The molecular formula is C27H29BrN2O2. The Morgan fingerprint density at radius 1 is 0.906 bits per heavy atom. The molecule has 0 saturated heterocycles. The second-order valence-electron chi connectivity index (χ2n) is 7.85. The Balaban J connectivity index is 1.95. The van der Waals surface area contributed by atoms with Crippen LogP contribution in [0.2, 0.25) is 0 Å². The normalized spacial score (nSPS) is 11.6. The van der Waals surface area contributed by atoms with Crippen molar-refractivity contribution in [3.8, 4) is 0 Å². The van der Waals surface area contributed by atoms with Gasteiger partial charge in [0, 0.05) is 24.0 Å². The molecule has 2 amide bonds. The molecule has 4 nitrogen and oxygen atoms in total. The summed E-state index contributed by atoms with van der Waals surface area (Å²) in [4.78, 5) is 28.5. The predicted octanol–water partition coefficient (Wildman–Crippen LogP) is 5.08. The Morgan fingerprint density at radius 3 is 2.22 bits per heavy atom. The van der Waals surface area contributed by atoms with E-state index in [0.29, 0.717) is 19.5 Å². The van der Waals surface area contributed by atoms with Crippen molar-refractivity contribution in [1.82, 2.24) is 10.2 Å². The van der Waals surface area contributed by atoms with Crippen molar-refractivity contribution in [2.75, 3.05) is 6.54 Å². The van der Waals surface area contributed by atoms with E-state index in [1.807, 2.05) is 92.7 Å². The van der Waals surface area contributed by atoms with Gasteiger partial charge in [-0.2, -0.15) is 0 Å². The number of halogens is 1. The summed E-state index contributed by atoms with van der Waals surface area (Å²) in [5, 5.41) is 2.93. The third-order valence-electron chi connectivity index (χ3n) is 5.49. The molecule has 3 aromatic carbocycles. The molecule has 0 heterocycles. The largest absolute Gasteiger partial charge is 0.355 e. The molecule has 0 radical (unpaired) electrons. The molecule has 0 spiro atoms. The number of aryl methyl sites for hydroxylation is 1. The summed E-state index contributed by atoms with van der Waals surface area (Å²) in [6, 6.07) is 25.0. The van der Waals surface area contributed by atoms with Crippen LogP contribution < -0.4 is 5.32 Å². The summed E-state index contributed by atoms with van der Waals surface area (Å²) in [5.41, 5.74) is 4.05. The highest BCUT2D eigenvalue weighted by Crippen LogP contribution is 2.19. The van der Waals surface area contributed by atoms with E-state index in [4.69, 9.17) is 0 Å². The second kappa shape index (κ2) is 11.6. The minimum absolute atomic E-state index is 0.0607. The van der Waals surface area contributed by atoms with E-state index < -0.39 is 6.04 Å². The van der Waals surface area contributed by atoms with E-state index in [9.17, 15) is 9.59 Å². The summed E-state index contributed by atoms with van der Waals surface area (Å²) in [6.45, 7) is 4.79. The Morgan fingerprint density at radius 2 is 1.56 bits per heavy atom. The summed E-state index contributed by atoms with van der Waals surface area (Å²) < 4.78 is 0.976. The van der Waals surface area contributed by atoms with Gasteiger partial charge in [0.25, 0.3) is 0 Å². The van der Waals surface area contributed by atoms with Crippen LogP contribution in [-0.2, 0) is 29.0 Å². The first-order valence-corrected chi connectivity index (χ1v) is 11.7. The number of nitrogens with zero attached hydrogens (tertiary/aromatic N) is 1. The molecule has 1 atom stereocenters. The SMILES string of the molecule is CCNC(=O)C(Cc1ccccc1)N(Cc1ccc(Br)cc1)C(=O)Cc1ccccc1C. The molecule has 3 rings (SSSR count). The van der Waals surface area contributed by atoms with Gasteiger partial charge in [-0.15, -0.1) is 0 Å². The van der Waals surface area contributed by atoms with Gasteiger partial charge in [0.15, 0.2) is 0 Å². The third kappa shape index (κ3) is 6.54. The van der Waals surface area contributed by atoms with Crippen molar-refractivity contribution >= 4 is 27.7 Å². The molecule has 5 heteroatoms. The molecular weight excluding hydrogens is 464 g/mol. The number of hydrogen-bond acceptors (Lipinski definition) is 2. The van der Waals surface area contributed by atoms with E-state index in [-0.39, 0.29) is 18.2 Å². The van der Waals surface area contributed by atoms with Gasteiger partial charge < -0.3 is 10.2 Å². The first-order chi connectivity index (χ1) is 15.5. The predicted molar refractivity (Wildman–Crippen MR) is 132 cm³/mol. The van der Waals surface area contributed by atoms with Crippen LogP contribution in [0.1, 0.15) is 29.2 Å². The van der Waals surface area contributed by atoms with Gasteiger partial charge in [0.2, 0.25) is 11.8 Å². The fraction of sp³-hybridized carbons (Fsp3) is 0.259. The average molecular weight is 493 g/mol. The number of benzene rings is 3. The lowest BCUT2D eigenvalue weighted by molar-refractivity contribution is -0.140. The summed E-state index contributed by atoms with van der Waals surface area (Å²) in [5.74, 6) is -0.194. The van der Waals surface area contributed by atoms with Crippen molar-refractivity contribution < 1.29 is 9.59 Å². The van der Waals surface area contributed by atoms with E-state index in [2.05, 4.69) is 21.2 Å². The van der Waals surface area contributed by atoms with Crippen LogP contribution in [0.15, 0.2) is 83.3 Å². The maximum absolute atomic E-state index is 13.6. The highest BCUT2D eigenvalue weighted by atomic mass is 79.9. The minimum atomic E-state index is -0.600. The van der Waals surface area contributed by atoms with Gasteiger partial charge in [-0.3, -0.25) is 9.59 Å². The first kappa shape index (κ1) is 23.7. The van der Waals surface area contributed by atoms with Gasteiger partial charge in [0.1, 0.15) is 6.04 Å². The highest BCUT2D eigenvalue weighted by Gasteiger charge is 2.30. The number of carbonyl (C=O) groups is 2. The topological polar surface area (TPSA) is 49.4 Å². The smallest absolute Gasteiger partial charge is 0.243 e. The van der Waals surface area contributed by atoms with Crippen molar-refractivity contribution in [2.24, 2.45) is 0 Å². The first-order valence-electron chi connectivity index (χ1n) is 10.9. The van der Waals surface area contributed by atoms with Crippen LogP contribution in [0.4, 0.5) is 0 Å². The molecule has 3 aromatic rings. The Hall–Kier alpha value is -2.92. The number of carbonyl (C=O) groups excluding carboxylic acids is 2. The van der Waals surface area contributed by atoms with Crippen molar-refractivity contribution in [1.29, 1.82) is 0 Å². The van der Waals surface area contributed by atoms with Crippen molar-refractivity contribution in [3.63, 3.8) is 0 Å². The molecule has 32 heavy (non-hydrogen) atoms. The third-order valence-corrected chi connectivity index (χ3v) is 6.02. The van der Waals surface area contributed by atoms with E-state index >= 15 is 0 Å². The summed E-state index contributed by atoms with van der Waals surface area (Å²) >= 11 is 3.47. The fourth-order valence-corrected chi connectivity index (χ4v) is 3.97. The molecule has 0 saturated carbocycles. The molecule has 0 aliphatic carbocycles. The zero-order chi connectivity index (χ0) is 22.9. The number of rotatable bonds is 9. The molecule has 0 aromatic heterocycles.